The molecule has 0 aromatic rings. The van der Waals surface area contributed by atoms with E-state index in [4.69, 9.17) is 0 Å². The summed E-state index contributed by atoms with van der Waals surface area (Å²) in [6.07, 6.45) is 3.37. The zero-order chi connectivity index (χ0) is 5.54. The van der Waals surface area contributed by atoms with Gasteiger partial charge in [-0.05, 0) is 6.42 Å². The summed E-state index contributed by atoms with van der Waals surface area (Å²) in [5.41, 5.74) is 0. The van der Waals surface area contributed by atoms with Crippen LogP contribution in [0.4, 0.5) is 0 Å². The second-order valence-corrected chi connectivity index (χ2v) is 1.26. The van der Waals surface area contributed by atoms with Gasteiger partial charge in [0.05, 0.1) is 0 Å². The molecule has 0 amide bonds. The molecule has 0 fully saturated rings. The summed E-state index contributed by atoms with van der Waals surface area (Å²) in [6, 6.07) is 0. The SMILES string of the molecule is O=CCCCC=O.[O-2].[O-2].[O-2].[O-2].[Os+8]. The standard InChI is InChI=1S/C5H8O2.4O.Os/c6-4-2-1-3-5-7;;;;;/h4-5H,1-3H2;;;;;/q;4*-2;+8. The number of unbranched alkanes of at least 4 members (excludes halogenated alkanes) is 2. The van der Waals surface area contributed by atoms with Crippen LogP contribution in [0, 0.1) is 0 Å². The summed E-state index contributed by atoms with van der Waals surface area (Å²) in [7, 11) is 0. The Kier molecular flexibility index (Phi) is 153. The fourth-order valence-corrected chi connectivity index (χ4v) is 0.285. The van der Waals surface area contributed by atoms with Crippen molar-refractivity contribution in [2.24, 2.45) is 0 Å². The maximum absolute atomic E-state index is 9.56. The summed E-state index contributed by atoms with van der Waals surface area (Å²) in [5, 5.41) is 0. The molecular formula is C5H8O6Os. The van der Waals surface area contributed by atoms with Crippen molar-refractivity contribution in [3.63, 3.8) is 0 Å². The molecule has 0 atom stereocenters. The number of carbonyl (C=O) groups excluding carboxylic acids is 2. The molecule has 0 radical (unpaired) electrons. The molecule has 7 heteroatoms. The molecule has 0 bridgehead atoms. The van der Waals surface area contributed by atoms with E-state index in [0.717, 1.165) is 12.6 Å². The van der Waals surface area contributed by atoms with Gasteiger partial charge in [0.25, 0.3) is 0 Å². The van der Waals surface area contributed by atoms with E-state index in [-0.39, 0.29) is 41.7 Å². The third-order valence-electron chi connectivity index (χ3n) is 0.644. The van der Waals surface area contributed by atoms with Crippen LogP contribution in [0.15, 0.2) is 0 Å². The smallest absolute Gasteiger partial charge is 2.00 e. The molecule has 0 aliphatic rings. The normalized spacial score (nSPS) is 4.67. The Hall–Kier alpha value is -0.184. The van der Waals surface area contributed by atoms with Crippen molar-refractivity contribution in [2.75, 3.05) is 0 Å². The third kappa shape index (κ3) is 52.4. The van der Waals surface area contributed by atoms with Crippen molar-refractivity contribution in [3.8, 4) is 0 Å². The van der Waals surface area contributed by atoms with E-state index >= 15 is 0 Å². The first-order valence-corrected chi connectivity index (χ1v) is 2.29. The molecule has 0 N–H and O–H groups in total. The number of hydrogen-bond donors (Lipinski definition) is 0. The van der Waals surface area contributed by atoms with Crippen LogP contribution >= 0.6 is 0 Å². The van der Waals surface area contributed by atoms with Gasteiger partial charge in [0, 0.05) is 12.8 Å². The molecule has 0 aromatic carbocycles. The van der Waals surface area contributed by atoms with Crippen molar-refractivity contribution in [1.29, 1.82) is 0 Å². The molecule has 0 spiro atoms. The fourth-order valence-electron chi connectivity index (χ4n) is 0.285. The molecule has 6 nitrogen and oxygen atoms in total. The van der Waals surface area contributed by atoms with Crippen LogP contribution in [0.2, 0.25) is 0 Å². The van der Waals surface area contributed by atoms with Gasteiger partial charge in [-0.3, -0.25) is 0 Å². The van der Waals surface area contributed by atoms with E-state index in [0.29, 0.717) is 19.3 Å². The van der Waals surface area contributed by atoms with Crippen molar-refractivity contribution < 1.29 is 51.3 Å². The Morgan fingerprint density at radius 2 is 1.00 bits per heavy atom. The van der Waals surface area contributed by atoms with Gasteiger partial charge in [0.15, 0.2) is 0 Å². The Bertz CT molecular complexity index is 61.0. The van der Waals surface area contributed by atoms with Gasteiger partial charge in [0.2, 0.25) is 0 Å². The van der Waals surface area contributed by atoms with Crippen molar-refractivity contribution in [2.45, 2.75) is 19.3 Å². The third-order valence-corrected chi connectivity index (χ3v) is 0.644. The average Bonchev–Trinajstić information content (AvgIpc) is 1.69. The summed E-state index contributed by atoms with van der Waals surface area (Å²) in [6.45, 7) is 0. The first-order valence-electron chi connectivity index (χ1n) is 2.29. The maximum Gasteiger partial charge on any atom is 8.00 e. The molecule has 0 heterocycles. The van der Waals surface area contributed by atoms with E-state index in [9.17, 15) is 9.59 Å². The second kappa shape index (κ2) is 44.9. The van der Waals surface area contributed by atoms with Crippen LogP contribution in [-0.4, -0.2) is 12.6 Å². The van der Waals surface area contributed by atoms with Gasteiger partial charge >= 0.3 is 19.8 Å². The summed E-state index contributed by atoms with van der Waals surface area (Å²) >= 11 is 0. The van der Waals surface area contributed by atoms with Crippen LogP contribution < -0.4 is 0 Å². The topological polar surface area (TPSA) is 148 Å². The predicted molar refractivity (Wildman–Crippen MR) is 28.7 cm³/mol. The molecule has 0 unspecified atom stereocenters. The molecule has 0 rings (SSSR count). The largest absolute Gasteiger partial charge is 8.00 e. The van der Waals surface area contributed by atoms with E-state index < -0.39 is 0 Å². The molecule has 12 heavy (non-hydrogen) atoms. The minimum absolute atomic E-state index is 0. The zero-order valence-electron chi connectivity index (χ0n) is 6.08. The Morgan fingerprint density at radius 1 is 0.750 bits per heavy atom. The molecule has 0 aromatic heterocycles. The van der Waals surface area contributed by atoms with E-state index in [1.165, 1.54) is 0 Å². The number of hydrogen-bond acceptors (Lipinski definition) is 2. The van der Waals surface area contributed by atoms with Crippen molar-refractivity contribution in [3.05, 3.63) is 0 Å². The van der Waals surface area contributed by atoms with Crippen LogP contribution in [0.5, 0.6) is 0 Å². The summed E-state index contributed by atoms with van der Waals surface area (Å²) in [5.74, 6) is 0. The van der Waals surface area contributed by atoms with E-state index in [2.05, 4.69) is 0 Å². The Morgan fingerprint density at radius 3 is 1.17 bits per heavy atom. The van der Waals surface area contributed by atoms with Gasteiger partial charge in [-0.25, -0.2) is 0 Å². The van der Waals surface area contributed by atoms with E-state index in [1.807, 2.05) is 0 Å². The fraction of sp³-hybridized carbons (Fsp3) is 0.600. The second-order valence-electron chi connectivity index (χ2n) is 1.26. The monoisotopic (exact) mass is 356 g/mol. The number of carbonyl (C=O) groups is 2. The molecule has 0 aliphatic heterocycles. The first kappa shape index (κ1) is 40.9. The van der Waals surface area contributed by atoms with Crippen molar-refractivity contribution >= 4 is 12.6 Å². The predicted octanol–water partition coefficient (Wildman–Crippen LogP) is 0.0768. The maximum atomic E-state index is 9.56. The Labute approximate surface area is 83.6 Å². The molecule has 0 saturated carbocycles. The van der Waals surface area contributed by atoms with E-state index in [1.54, 1.807) is 0 Å². The molecule has 0 saturated heterocycles. The van der Waals surface area contributed by atoms with Crippen LogP contribution in [0.3, 0.4) is 0 Å². The summed E-state index contributed by atoms with van der Waals surface area (Å²) in [4.78, 5) is 19.1. The summed E-state index contributed by atoms with van der Waals surface area (Å²) < 4.78 is 0. The number of rotatable bonds is 4. The molecule has 0 aliphatic carbocycles. The van der Waals surface area contributed by atoms with Gasteiger partial charge in [0.1, 0.15) is 12.6 Å². The number of aldehydes is 2. The Balaban J connectivity index is -0.0000000180. The van der Waals surface area contributed by atoms with Crippen LogP contribution in [0.25, 0.3) is 0 Å². The average molecular weight is 354 g/mol. The minimum Gasteiger partial charge on any atom is -2.00 e. The van der Waals surface area contributed by atoms with Gasteiger partial charge in [-0.15, -0.1) is 0 Å². The van der Waals surface area contributed by atoms with Gasteiger partial charge in [-0.1, -0.05) is 0 Å². The quantitative estimate of drug-likeness (QED) is 0.519. The van der Waals surface area contributed by atoms with Gasteiger partial charge in [-0.2, -0.15) is 0 Å². The van der Waals surface area contributed by atoms with Gasteiger partial charge < -0.3 is 31.5 Å². The van der Waals surface area contributed by atoms with Crippen molar-refractivity contribution in [1.82, 2.24) is 0 Å². The minimum atomic E-state index is 0. The molecule has 72 valence electrons. The first-order chi connectivity index (χ1) is 3.41. The van der Waals surface area contributed by atoms with Crippen LogP contribution in [-0.2, 0) is 51.3 Å². The van der Waals surface area contributed by atoms with Crippen LogP contribution in [0.1, 0.15) is 19.3 Å². The molecular weight excluding hydrogens is 346 g/mol. The zero-order valence-corrected chi connectivity index (χ0v) is 8.62.